The van der Waals surface area contributed by atoms with E-state index in [1.54, 1.807) is 14.2 Å². The summed E-state index contributed by atoms with van der Waals surface area (Å²) in [5.74, 6) is 2.41. The summed E-state index contributed by atoms with van der Waals surface area (Å²) in [5.41, 5.74) is 2.86. The van der Waals surface area contributed by atoms with E-state index < -0.39 is 0 Å². The molecule has 0 aliphatic carbocycles. The molecule has 7 nitrogen and oxygen atoms in total. The van der Waals surface area contributed by atoms with Crippen molar-refractivity contribution in [2.75, 3.05) is 37.5 Å². The molecule has 0 atom stereocenters. The number of amides is 1. The van der Waals surface area contributed by atoms with Crippen molar-refractivity contribution in [2.24, 2.45) is 0 Å². The fourth-order valence-electron chi connectivity index (χ4n) is 3.87. The molecule has 0 radical (unpaired) electrons. The second-order valence-electron chi connectivity index (χ2n) is 7.40. The van der Waals surface area contributed by atoms with Crippen molar-refractivity contribution in [3.8, 4) is 22.6 Å². The Hall–Kier alpha value is -3.35. The number of carbonyl (C=O) groups is 1. The minimum Gasteiger partial charge on any atom is -0.493 e. The molecule has 156 valence electrons. The Kier molecular flexibility index (Phi) is 5.70. The number of nitrogens with zero attached hydrogens (tertiary/aromatic N) is 3. The highest BCUT2D eigenvalue weighted by Gasteiger charge is 2.18. The molecular weight excluding hydrogens is 380 g/mol. The van der Waals surface area contributed by atoms with Gasteiger partial charge in [-0.25, -0.2) is 4.98 Å². The summed E-state index contributed by atoms with van der Waals surface area (Å²) in [6.07, 6.45) is 3.50. The van der Waals surface area contributed by atoms with Crippen molar-refractivity contribution in [1.82, 2.24) is 9.97 Å². The van der Waals surface area contributed by atoms with Crippen LogP contribution in [0.25, 0.3) is 22.0 Å². The van der Waals surface area contributed by atoms with Crippen LogP contribution in [0.1, 0.15) is 26.2 Å². The van der Waals surface area contributed by atoms with Crippen molar-refractivity contribution >= 4 is 28.6 Å². The third-order valence-corrected chi connectivity index (χ3v) is 5.34. The average molecular weight is 406 g/mol. The summed E-state index contributed by atoms with van der Waals surface area (Å²) in [7, 11) is 3.26. The fraction of sp³-hybridized carbons (Fsp3) is 0.348. The minimum atomic E-state index is -0.180. The molecule has 0 spiro atoms. The van der Waals surface area contributed by atoms with Gasteiger partial charge in [0.1, 0.15) is 5.82 Å². The molecule has 30 heavy (non-hydrogen) atoms. The maximum Gasteiger partial charge on any atom is 0.231 e. The van der Waals surface area contributed by atoms with E-state index in [1.807, 2.05) is 30.3 Å². The highest BCUT2D eigenvalue weighted by molar-refractivity contribution is 5.95. The van der Waals surface area contributed by atoms with Gasteiger partial charge in [0.2, 0.25) is 11.9 Å². The number of hydrogen-bond donors (Lipinski definition) is 1. The molecule has 2 aromatic carbocycles. The van der Waals surface area contributed by atoms with E-state index in [1.165, 1.54) is 13.3 Å². The molecule has 7 heteroatoms. The van der Waals surface area contributed by atoms with E-state index >= 15 is 0 Å². The molecular formula is C23H26N4O3. The molecule has 1 fully saturated rings. The van der Waals surface area contributed by atoms with Gasteiger partial charge < -0.3 is 14.4 Å². The summed E-state index contributed by atoms with van der Waals surface area (Å²) in [6, 6.07) is 12.0. The smallest absolute Gasteiger partial charge is 0.231 e. The monoisotopic (exact) mass is 406 g/mol. The zero-order valence-corrected chi connectivity index (χ0v) is 17.6. The summed E-state index contributed by atoms with van der Waals surface area (Å²) in [4.78, 5) is 23.1. The molecule has 1 aromatic heterocycles. The van der Waals surface area contributed by atoms with Crippen LogP contribution in [0.5, 0.6) is 11.5 Å². The van der Waals surface area contributed by atoms with Crippen LogP contribution in [0, 0.1) is 0 Å². The van der Waals surface area contributed by atoms with Crippen LogP contribution in [-0.2, 0) is 4.79 Å². The predicted octanol–water partition coefficient (Wildman–Crippen LogP) is 4.26. The largest absolute Gasteiger partial charge is 0.493 e. The number of aromatic nitrogens is 2. The maximum atomic E-state index is 11.6. The van der Waals surface area contributed by atoms with Gasteiger partial charge in [-0.3, -0.25) is 10.1 Å². The summed E-state index contributed by atoms with van der Waals surface area (Å²) < 4.78 is 10.8. The number of methoxy groups -OCH3 is 2. The molecule has 1 N–H and O–H groups in total. The third-order valence-electron chi connectivity index (χ3n) is 5.34. The number of benzene rings is 2. The van der Waals surface area contributed by atoms with E-state index in [-0.39, 0.29) is 5.91 Å². The van der Waals surface area contributed by atoms with Gasteiger partial charge in [0, 0.05) is 25.4 Å². The van der Waals surface area contributed by atoms with Crippen LogP contribution in [-0.4, -0.2) is 43.2 Å². The Morgan fingerprint density at radius 1 is 0.933 bits per heavy atom. The standard InChI is InChI=1S/C23H26N4O3/c1-15(28)24-23-25-19-9-7-16(17-8-10-20(29-2)21(14-17)30-3)13-18(19)22(26-23)27-11-5-4-6-12-27/h7-10,13-14H,4-6,11-12H2,1-3H3,(H,24,25,26,28). The predicted molar refractivity (Wildman–Crippen MR) is 118 cm³/mol. The second kappa shape index (κ2) is 8.57. The number of ether oxygens (including phenoxy) is 2. The lowest BCUT2D eigenvalue weighted by Crippen LogP contribution is -2.30. The van der Waals surface area contributed by atoms with Gasteiger partial charge in [0.25, 0.3) is 0 Å². The molecule has 0 saturated carbocycles. The highest BCUT2D eigenvalue weighted by atomic mass is 16.5. The first-order valence-corrected chi connectivity index (χ1v) is 10.2. The molecule has 1 saturated heterocycles. The first kappa shape index (κ1) is 19.9. The van der Waals surface area contributed by atoms with Crippen molar-refractivity contribution in [3.63, 3.8) is 0 Å². The SMILES string of the molecule is COc1ccc(-c2ccc3nc(NC(C)=O)nc(N4CCCCC4)c3c2)cc1OC. The van der Waals surface area contributed by atoms with Gasteiger partial charge in [-0.15, -0.1) is 0 Å². The Balaban J connectivity index is 1.83. The Bertz CT molecular complexity index is 1080. The van der Waals surface area contributed by atoms with E-state index in [9.17, 15) is 4.79 Å². The summed E-state index contributed by atoms with van der Waals surface area (Å²) >= 11 is 0. The molecule has 3 aromatic rings. The van der Waals surface area contributed by atoms with Gasteiger partial charge >= 0.3 is 0 Å². The van der Waals surface area contributed by atoms with Gasteiger partial charge in [0.15, 0.2) is 11.5 Å². The number of piperidine rings is 1. The van der Waals surface area contributed by atoms with Crippen LogP contribution >= 0.6 is 0 Å². The summed E-state index contributed by atoms with van der Waals surface area (Å²) in [5, 5.41) is 3.70. The lowest BCUT2D eigenvalue weighted by Gasteiger charge is -2.29. The summed E-state index contributed by atoms with van der Waals surface area (Å²) in [6.45, 7) is 3.37. The lowest BCUT2D eigenvalue weighted by molar-refractivity contribution is -0.114. The maximum absolute atomic E-state index is 11.6. The van der Waals surface area contributed by atoms with E-state index in [2.05, 4.69) is 21.3 Å². The van der Waals surface area contributed by atoms with Crippen LogP contribution in [0.15, 0.2) is 36.4 Å². The van der Waals surface area contributed by atoms with Gasteiger partial charge in [-0.05, 0) is 54.7 Å². The Morgan fingerprint density at radius 2 is 1.63 bits per heavy atom. The van der Waals surface area contributed by atoms with Gasteiger partial charge in [-0.2, -0.15) is 4.98 Å². The van der Waals surface area contributed by atoms with Crippen molar-refractivity contribution in [2.45, 2.75) is 26.2 Å². The number of carbonyl (C=O) groups excluding carboxylic acids is 1. The molecule has 1 aliphatic heterocycles. The first-order chi connectivity index (χ1) is 14.6. The van der Waals surface area contributed by atoms with Crippen LogP contribution in [0.3, 0.4) is 0 Å². The van der Waals surface area contributed by atoms with Gasteiger partial charge in [0.05, 0.1) is 19.7 Å². The fourth-order valence-corrected chi connectivity index (χ4v) is 3.87. The zero-order valence-electron chi connectivity index (χ0n) is 17.6. The molecule has 1 aliphatic rings. The van der Waals surface area contributed by atoms with Crippen molar-refractivity contribution < 1.29 is 14.3 Å². The normalized spacial score (nSPS) is 13.9. The Labute approximate surface area is 176 Å². The van der Waals surface area contributed by atoms with E-state index in [0.717, 1.165) is 53.8 Å². The number of anilines is 2. The zero-order chi connectivity index (χ0) is 21.1. The highest BCUT2D eigenvalue weighted by Crippen LogP contribution is 2.35. The number of rotatable bonds is 5. The topological polar surface area (TPSA) is 76.6 Å². The molecule has 2 heterocycles. The van der Waals surface area contributed by atoms with E-state index in [4.69, 9.17) is 14.5 Å². The van der Waals surface area contributed by atoms with E-state index in [0.29, 0.717) is 17.4 Å². The molecule has 4 rings (SSSR count). The van der Waals surface area contributed by atoms with Gasteiger partial charge in [-0.1, -0.05) is 12.1 Å². The van der Waals surface area contributed by atoms with Crippen molar-refractivity contribution in [1.29, 1.82) is 0 Å². The van der Waals surface area contributed by atoms with Crippen LogP contribution in [0.2, 0.25) is 0 Å². The second-order valence-corrected chi connectivity index (χ2v) is 7.40. The van der Waals surface area contributed by atoms with Crippen LogP contribution < -0.4 is 19.7 Å². The Morgan fingerprint density at radius 3 is 2.33 bits per heavy atom. The average Bonchev–Trinajstić information content (AvgIpc) is 2.78. The van der Waals surface area contributed by atoms with Crippen molar-refractivity contribution in [3.05, 3.63) is 36.4 Å². The quantitative estimate of drug-likeness (QED) is 0.682. The number of nitrogens with one attached hydrogen (secondary N) is 1. The third kappa shape index (κ3) is 4.01. The molecule has 0 bridgehead atoms. The minimum absolute atomic E-state index is 0.180. The first-order valence-electron chi connectivity index (χ1n) is 10.2. The number of hydrogen-bond acceptors (Lipinski definition) is 6. The number of fused-ring (bicyclic) bond motifs is 1. The lowest BCUT2D eigenvalue weighted by atomic mass is 10.0. The molecule has 0 unspecified atom stereocenters. The van der Waals surface area contributed by atoms with Crippen LogP contribution in [0.4, 0.5) is 11.8 Å². The molecule has 1 amide bonds.